The highest BCUT2D eigenvalue weighted by molar-refractivity contribution is 7.92. The minimum Gasteiger partial charge on any atom is -0.495 e. The molecule has 184 valence electrons. The molecule has 3 aliphatic carbocycles. The van der Waals surface area contributed by atoms with E-state index in [-0.39, 0.29) is 16.5 Å². The number of thiazole rings is 1. The van der Waals surface area contributed by atoms with E-state index in [0.29, 0.717) is 10.9 Å². The Bertz CT molecular complexity index is 1360. The number of sulfonamides is 1. The molecule has 6 rings (SSSR count). The lowest BCUT2D eigenvalue weighted by atomic mass is 9.63. The number of carboxylic acids is 1. The molecule has 0 saturated heterocycles. The van der Waals surface area contributed by atoms with E-state index in [0.717, 1.165) is 29.5 Å². The van der Waals surface area contributed by atoms with Crippen molar-refractivity contribution in [3.63, 3.8) is 0 Å². The largest absolute Gasteiger partial charge is 0.495 e. The zero-order valence-corrected chi connectivity index (χ0v) is 20.7. The molecule has 3 aromatic rings. The first kappa shape index (κ1) is 23.7. The minimum absolute atomic E-state index is 0.116. The van der Waals surface area contributed by atoms with Crippen LogP contribution in [0.15, 0.2) is 46.8 Å². The second-order valence-corrected chi connectivity index (χ2v) is 11.7. The molecule has 2 aromatic carbocycles. The summed E-state index contributed by atoms with van der Waals surface area (Å²) in [5.74, 6) is -0.468. The van der Waals surface area contributed by atoms with Crippen LogP contribution in [0.1, 0.15) is 53.9 Å². The normalized spacial score (nSPS) is 21.6. The van der Waals surface area contributed by atoms with Crippen molar-refractivity contribution in [2.75, 3.05) is 11.8 Å². The molecule has 10 heteroatoms. The van der Waals surface area contributed by atoms with Gasteiger partial charge in [-0.05, 0) is 48.6 Å². The van der Waals surface area contributed by atoms with E-state index in [1.165, 1.54) is 61.5 Å². The molecular weight excluding hydrogens is 491 g/mol. The van der Waals surface area contributed by atoms with E-state index < -0.39 is 27.4 Å². The second kappa shape index (κ2) is 9.23. The molecule has 1 unspecified atom stereocenters. The SMILES string of the molecule is COc1cc(C(=O)O)c(F)cc1NS(=O)(=O)c1csc(-c2ccc(C3CC4CCC3CC4)cc2)n1. The first-order chi connectivity index (χ1) is 16.7. The highest BCUT2D eigenvalue weighted by atomic mass is 32.2. The summed E-state index contributed by atoms with van der Waals surface area (Å²) in [6.07, 6.45) is 6.58. The van der Waals surface area contributed by atoms with Crippen LogP contribution in [-0.4, -0.2) is 31.6 Å². The fourth-order valence-corrected chi connectivity index (χ4v) is 7.50. The van der Waals surface area contributed by atoms with E-state index in [1.807, 2.05) is 12.1 Å². The summed E-state index contributed by atoms with van der Waals surface area (Å²) in [6, 6.07) is 9.95. The van der Waals surface area contributed by atoms with Gasteiger partial charge in [0.05, 0.1) is 18.4 Å². The van der Waals surface area contributed by atoms with Gasteiger partial charge in [0.15, 0.2) is 5.03 Å². The number of methoxy groups -OCH3 is 1. The summed E-state index contributed by atoms with van der Waals surface area (Å²) in [5, 5.41) is 10.8. The zero-order chi connectivity index (χ0) is 24.7. The molecule has 2 bridgehead atoms. The molecule has 3 saturated carbocycles. The number of rotatable bonds is 7. The van der Waals surface area contributed by atoms with Crippen molar-refractivity contribution in [3.05, 3.63) is 58.7 Å². The molecule has 0 amide bonds. The lowest BCUT2D eigenvalue weighted by Gasteiger charge is -2.42. The van der Waals surface area contributed by atoms with Crippen molar-refractivity contribution in [2.24, 2.45) is 11.8 Å². The Labute approximate surface area is 207 Å². The van der Waals surface area contributed by atoms with Crippen LogP contribution in [-0.2, 0) is 10.0 Å². The van der Waals surface area contributed by atoms with Crippen LogP contribution in [0.5, 0.6) is 5.75 Å². The molecule has 0 spiro atoms. The number of benzene rings is 2. The quantitative estimate of drug-likeness (QED) is 0.414. The summed E-state index contributed by atoms with van der Waals surface area (Å²) in [6.45, 7) is 0. The first-order valence-electron chi connectivity index (χ1n) is 11.4. The summed E-state index contributed by atoms with van der Waals surface area (Å²) in [7, 11) is -2.92. The van der Waals surface area contributed by atoms with E-state index in [9.17, 15) is 17.6 Å². The van der Waals surface area contributed by atoms with Crippen LogP contribution in [0.25, 0.3) is 10.6 Å². The van der Waals surface area contributed by atoms with Gasteiger partial charge in [-0.15, -0.1) is 11.3 Å². The molecule has 1 atom stereocenters. The van der Waals surface area contributed by atoms with Crippen molar-refractivity contribution >= 4 is 33.0 Å². The Hall–Kier alpha value is -2.98. The Kier molecular flexibility index (Phi) is 6.27. The average molecular weight is 517 g/mol. The van der Waals surface area contributed by atoms with E-state index in [1.54, 1.807) is 0 Å². The van der Waals surface area contributed by atoms with Crippen LogP contribution in [0, 0.1) is 17.7 Å². The van der Waals surface area contributed by atoms with Gasteiger partial charge in [-0.25, -0.2) is 14.2 Å². The number of hydrogen-bond acceptors (Lipinski definition) is 6. The maximum Gasteiger partial charge on any atom is 0.338 e. The lowest BCUT2D eigenvalue weighted by Crippen LogP contribution is -2.29. The fourth-order valence-electron chi connectivity index (χ4n) is 5.34. The number of carboxylic acid groups (broad SMARTS) is 1. The van der Waals surface area contributed by atoms with Gasteiger partial charge in [-0.2, -0.15) is 8.42 Å². The Morgan fingerprint density at radius 1 is 1.17 bits per heavy atom. The number of anilines is 1. The maximum atomic E-state index is 14.2. The number of nitrogens with one attached hydrogen (secondary N) is 1. The highest BCUT2D eigenvalue weighted by Gasteiger charge is 2.36. The van der Waals surface area contributed by atoms with Crippen molar-refractivity contribution in [1.29, 1.82) is 0 Å². The summed E-state index contributed by atoms with van der Waals surface area (Å²) in [5.41, 5.74) is 1.34. The van der Waals surface area contributed by atoms with Gasteiger partial charge in [0.25, 0.3) is 10.0 Å². The molecule has 3 aliphatic rings. The van der Waals surface area contributed by atoms with Crippen LogP contribution < -0.4 is 9.46 Å². The lowest BCUT2D eigenvalue weighted by molar-refractivity contribution is 0.0691. The molecule has 0 aliphatic heterocycles. The Morgan fingerprint density at radius 3 is 2.49 bits per heavy atom. The monoisotopic (exact) mass is 516 g/mol. The number of aromatic nitrogens is 1. The predicted octanol–water partition coefficient (Wildman–Crippen LogP) is 5.75. The summed E-state index contributed by atoms with van der Waals surface area (Å²) >= 11 is 1.20. The van der Waals surface area contributed by atoms with Crippen molar-refractivity contribution in [1.82, 2.24) is 4.98 Å². The molecule has 2 N–H and O–H groups in total. The Morgan fingerprint density at radius 2 is 1.89 bits per heavy atom. The van der Waals surface area contributed by atoms with Gasteiger partial charge in [0.2, 0.25) is 0 Å². The number of nitrogens with zero attached hydrogens (tertiary/aromatic N) is 1. The van der Waals surface area contributed by atoms with Crippen molar-refractivity contribution < 1.29 is 27.4 Å². The van der Waals surface area contributed by atoms with Gasteiger partial charge in [-0.3, -0.25) is 4.72 Å². The van der Waals surface area contributed by atoms with E-state index >= 15 is 0 Å². The topological polar surface area (TPSA) is 106 Å². The average Bonchev–Trinajstić information content (AvgIpc) is 3.36. The standard InChI is InChI=1S/C25H25FN2O5S2/c1-33-22-11-19(25(29)30)20(26)12-21(22)28-35(31,32)23-13-34-24(27-23)17-8-6-16(7-9-17)18-10-14-2-4-15(18)5-3-14/h6-9,11-15,18,28H,2-5,10H2,1H3,(H,29,30). The minimum atomic E-state index is -4.16. The van der Waals surface area contributed by atoms with Gasteiger partial charge < -0.3 is 9.84 Å². The number of hydrogen-bond donors (Lipinski definition) is 2. The van der Waals surface area contributed by atoms with E-state index in [4.69, 9.17) is 9.84 Å². The van der Waals surface area contributed by atoms with Crippen LogP contribution in [0.3, 0.4) is 0 Å². The van der Waals surface area contributed by atoms with Gasteiger partial charge in [-0.1, -0.05) is 37.1 Å². The third kappa shape index (κ3) is 4.64. The zero-order valence-electron chi connectivity index (χ0n) is 19.0. The Balaban J connectivity index is 1.35. The summed E-state index contributed by atoms with van der Waals surface area (Å²) in [4.78, 5) is 15.4. The number of halogens is 1. The van der Waals surface area contributed by atoms with Crippen molar-refractivity contribution in [3.8, 4) is 16.3 Å². The first-order valence-corrected chi connectivity index (χ1v) is 13.8. The number of carbonyl (C=O) groups is 1. The molecule has 1 heterocycles. The third-order valence-corrected chi connectivity index (χ3v) is 9.44. The van der Waals surface area contributed by atoms with Gasteiger partial charge in [0, 0.05) is 17.0 Å². The van der Waals surface area contributed by atoms with Gasteiger partial charge in [0.1, 0.15) is 16.6 Å². The predicted molar refractivity (Wildman–Crippen MR) is 131 cm³/mol. The second-order valence-electron chi connectivity index (χ2n) is 9.18. The fraction of sp³-hybridized carbons (Fsp3) is 0.360. The molecular formula is C25H25FN2O5S2. The number of fused-ring (bicyclic) bond motifs is 3. The molecule has 35 heavy (non-hydrogen) atoms. The number of ether oxygens (including phenoxy) is 1. The molecule has 3 fully saturated rings. The smallest absolute Gasteiger partial charge is 0.338 e. The third-order valence-electron chi connectivity index (χ3n) is 7.16. The van der Waals surface area contributed by atoms with Crippen LogP contribution in [0.2, 0.25) is 0 Å². The highest BCUT2D eigenvalue weighted by Crippen LogP contribution is 2.49. The summed E-state index contributed by atoms with van der Waals surface area (Å²) < 4.78 is 47.3. The molecule has 7 nitrogen and oxygen atoms in total. The number of aromatic carboxylic acids is 1. The van der Waals surface area contributed by atoms with Gasteiger partial charge >= 0.3 is 5.97 Å². The van der Waals surface area contributed by atoms with E-state index in [2.05, 4.69) is 21.8 Å². The van der Waals surface area contributed by atoms with Crippen molar-refractivity contribution in [2.45, 2.75) is 43.0 Å². The maximum absolute atomic E-state index is 14.2. The molecule has 1 aromatic heterocycles. The molecule has 0 radical (unpaired) electrons. The van der Waals surface area contributed by atoms with Crippen LogP contribution >= 0.6 is 11.3 Å². The van der Waals surface area contributed by atoms with Crippen LogP contribution in [0.4, 0.5) is 10.1 Å².